The fraction of sp³-hybridized carbons (Fsp3) is 0.440. The van der Waals surface area contributed by atoms with E-state index in [1.165, 1.54) is 0 Å². The molecule has 3 rings (SSSR count). The number of rotatable bonds is 8. The zero-order valence-electron chi connectivity index (χ0n) is 19.7. The highest BCUT2D eigenvalue weighted by atomic mass is 32.2. The summed E-state index contributed by atoms with van der Waals surface area (Å²) in [4.78, 5) is 0. The first kappa shape index (κ1) is 24.1. The lowest BCUT2D eigenvalue weighted by atomic mass is 9.87. The number of hydrogen-bond acceptors (Lipinski definition) is 5. The molecule has 0 saturated heterocycles. The van der Waals surface area contributed by atoms with Crippen LogP contribution in [0.15, 0.2) is 53.7 Å². The average Bonchev–Trinajstić information content (AvgIpc) is 3.14. The molecular formula is C25H34N4O2S. The van der Waals surface area contributed by atoms with Crippen LogP contribution in [-0.2, 0) is 27.5 Å². The van der Waals surface area contributed by atoms with Crippen LogP contribution in [0.5, 0.6) is 0 Å². The maximum Gasteiger partial charge on any atom is 0.250 e. The van der Waals surface area contributed by atoms with Gasteiger partial charge < -0.3 is 5.73 Å². The Bertz CT molecular complexity index is 1140. The molecule has 0 saturated carbocycles. The third kappa shape index (κ3) is 5.64. The number of hydrogen-bond donors (Lipinski definition) is 1. The Labute approximate surface area is 191 Å². The van der Waals surface area contributed by atoms with E-state index < -0.39 is 9.84 Å². The molecule has 6 nitrogen and oxygen atoms in total. The molecular weight excluding hydrogens is 420 g/mol. The standard InChI is InChI=1S/C25H34N4O2S/c1-6-7-22(26)23-27-28-24(29(23)16-19-10-8-18(2)9-11-19)32(30,31)17-20-12-14-21(15-13-20)25(3,4)5/h8-15,22H,6-7,16-17,26H2,1-5H3. The van der Waals surface area contributed by atoms with Crippen LogP contribution in [-0.4, -0.2) is 23.2 Å². The summed E-state index contributed by atoms with van der Waals surface area (Å²) in [5.74, 6) is 0.376. The van der Waals surface area contributed by atoms with E-state index in [1.54, 1.807) is 4.57 Å². The van der Waals surface area contributed by atoms with Crippen LogP contribution >= 0.6 is 0 Å². The SMILES string of the molecule is CCCC(N)c1nnc(S(=O)(=O)Cc2ccc(C(C)(C)C)cc2)n1Cc1ccc(C)cc1. The van der Waals surface area contributed by atoms with E-state index in [-0.39, 0.29) is 22.4 Å². The molecule has 1 heterocycles. The van der Waals surface area contributed by atoms with Gasteiger partial charge >= 0.3 is 0 Å². The van der Waals surface area contributed by atoms with Crippen molar-refractivity contribution in [3.8, 4) is 0 Å². The Balaban J connectivity index is 1.96. The topological polar surface area (TPSA) is 90.9 Å². The first-order valence-electron chi connectivity index (χ1n) is 11.1. The van der Waals surface area contributed by atoms with E-state index in [2.05, 4.69) is 31.0 Å². The highest BCUT2D eigenvalue weighted by Gasteiger charge is 2.27. The summed E-state index contributed by atoms with van der Waals surface area (Å²) in [6.45, 7) is 10.8. The molecule has 0 radical (unpaired) electrons. The van der Waals surface area contributed by atoms with Gasteiger partial charge in [-0.3, -0.25) is 4.57 Å². The average molecular weight is 455 g/mol. The second-order valence-corrected chi connectivity index (χ2v) is 11.4. The van der Waals surface area contributed by atoms with E-state index in [0.717, 1.165) is 28.7 Å². The molecule has 0 amide bonds. The maximum atomic E-state index is 13.4. The number of sulfone groups is 1. The number of benzene rings is 2. The fourth-order valence-electron chi connectivity index (χ4n) is 3.65. The lowest BCUT2D eigenvalue weighted by Crippen LogP contribution is -2.20. The number of nitrogens with zero attached hydrogens (tertiary/aromatic N) is 3. The highest BCUT2D eigenvalue weighted by molar-refractivity contribution is 7.90. The van der Waals surface area contributed by atoms with E-state index in [0.29, 0.717) is 18.8 Å². The van der Waals surface area contributed by atoms with E-state index in [4.69, 9.17) is 5.73 Å². The summed E-state index contributed by atoms with van der Waals surface area (Å²) in [5.41, 5.74) is 10.4. The lowest BCUT2D eigenvalue weighted by Gasteiger charge is -2.19. The Morgan fingerprint density at radius 3 is 2.12 bits per heavy atom. The summed E-state index contributed by atoms with van der Waals surface area (Å²) in [7, 11) is -3.71. The molecule has 0 aliphatic rings. The zero-order chi connectivity index (χ0) is 23.5. The smallest absolute Gasteiger partial charge is 0.250 e. The van der Waals surface area contributed by atoms with Crippen LogP contribution in [0.3, 0.4) is 0 Å². The first-order chi connectivity index (χ1) is 15.0. The van der Waals surface area contributed by atoms with Crippen molar-refractivity contribution in [2.75, 3.05) is 0 Å². The molecule has 1 aromatic heterocycles. The molecule has 2 N–H and O–H groups in total. The molecule has 3 aromatic rings. The Hall–Kier alpha value is -2.51. The normalized spacial score (nSPS) is 13.3. The summed E-state index contributed by atoms with van der Waals surface area (Å²) < 4.78 is 28.4. The Morgan fingerprint density at radius 1 is 0.969 bits per heavy atom. The molecule has 0 spiro atoms. The molecule has 1 atom stereocenters. The monoisotopic (exact) mass is 454 g/mol. The number of nitrogens with two attached hydrogens (primary N) is 1. The van der Waals surface area contributed by atoms with Gasteiger partial charge in [-0.15, -0.1) is 10.2 Å². The van der Waals surface area contributed by atoms with Crippen molar-refractivity contribution in [3.63, 3.8) is 0 Å². The molecule has 0 bridgehead atoms. The van der Waals surface area contributed by atoms with Gasteiger partial charge in [0.05, 0.1) is 18.3 Å². The van der Waals surface area contributed by atoms with Gasteiger partial charge in [0.25, 0.3) is 0 Å². The van der Waals surface area contributed by atoms with Gasteiger partial charge in [0.2, 0.25) is 15.0 Å². The molecule has 1 unspecified atom stereocenters. The molecule has 32 heavy (non-hydrogen) atoms. The minimum Gasteiger partial charge on any atom is -0.321 e. The van der Waals surface area contributed by atoms with Crippen molar-refractivity contribution in [2.45, 2.75) is 76.4 Å². The van der Waals surface area contributed by atoms with Crippen molar-refractivity contribution in [1.29, 1.82) is 0 Å². The predicted octanol–water partition coefficient (Wildman–Crippen LogP) is 4.71. The van der Waals surface area contributed by atoms with Crippen LogP contribution in [0, 0.1) is 6.92 Å². The number of aromatic nitrogens is 3. The van der Waals surface area contributed by atoms with Crippen molar-refractivity contribution in [1.82, 2.24) is 14.8 Å². The van der Waals surface area contributed by atoms with Crippen LogP contribution in [0.1, 0.15) is 74.7 Å². The highest BCUT2D eigenvalue weighted by Crippen LogP contribution is 2.25. The molecule has 0 aliphatic carbocycles. The van der Waals surface area contributed by atoms with Crippen molar-refractivity contribution in [2.24, 2.45) is 5.73 Å². The van der Waals surface area contributed by atoms with Gasteiger partial charge in [-0.1, -0.05) is 88.2 Å². The molecule has 2 aromatic carbocycles. The quantitative estimate of drug-likeness (QED) is 0.532. The van der Waals surface area contributed by atoms with Crippen LogP contribution < -0.4 is 5.73 Å². The van der Waals surface area contributed by atoms with Crippen molar-refractivity contribution < 1.29 is 8.42 Å². The van der Waals surface area contributed by atoms with Gasteiger partial charge in [-0.2, -0.15) is 0 Å². The second-order valence-electron chi connectivity index (χ2n) is 9.51. The largest absolute Gasteiger partial charge is 0.321 e. The van der Waals surface area contributed by atoms with Crippen molar-refractivity contribution in [3.05, 3.63) is 76.6 Å². The van der Waals surface area contributed by atoms with Gasteiger partial charge in [-0.25, -0.2) is 8.42 Å². The lowest BCUT2D eigenvalue weighted by molar-refractivity contribution is 0.537. The second kappa shape index (κ2) is 9.55. The maximum absolute atomic E-state index is 13.4. The molecule has 0 fully saturated rings. The van der Waals surface area contributed by atoms with Crippen LogP contribution in [0.2, 0.25) is 0 Å². The van der Waals surface area contributed by atoms with Crippen LogP contribution in [0.4, 0.5) is 0 Å². The minimum atomic E-state index is -3.71. The Kier molecular flexibility index (Phi) is 7.20. The third-order valence-electron chi connectivity index (χ3n) is 5.59. The van der Waals surface area contributed by atoms with E-state index >= 15 is 0 Å². The van der Waals surface area contributed by atoms with Crippen molar-refractivity contribution >= 4 is 9.84 Å². The fourth-order valence-corrected chi connectivity index (χ4v) is 5.07. The summed E-state index contributed by atoms with van der Waals surface area (Å²) in [5, 5.41) is 8.29. The summed E-state index contributed by atoms with van der Waals surface area (Å²) in [6.07, 6.45) is 1.58. The third-order valence-corrected chi connectivity index (χ3v) is 7.16. The number of aryl methyl sites for hydroxylation is 1. The first-order valence-corrected chi connectivity index (χ1v) is 12.7. The molecule has 0 aliphatic heterocycles. The van der Waals surface area contributed by atoms with Gasteiger partial charge in [-0.05, 0) is 35.4 Å². The van der Waals surface area contributed by atoms with E-state index in [9.17, 15) is 8.42 Å². The molecule has 172 valence electrons. The van der Waals surface area contributed by atoms with Gasteiger partial charge in [0.15, 0.2) is 5.82 Å². The van der Waals surface area contributed by atoms with Crippen LogP contribution in [0.25, 0.3) is 0 Å². The minimum absolute atomic E-state index is 0.00986. The van der Waals surface area contributed by atoms with Gasteiger partial charge in [0.1, 0.15) is 0 Å². The zero-order valence-corrected chi connectivity index (χ0v) is 20.5. The summed E-state index contributed by atoms with van der Waals surface area (Å²) in [6, 6.07) is 15.4. The summed E-state index contributed by atoms with van der Waals surface area (Å²) >= 11 is 0. The van der Waals surface area contributed by atoms with E-state index in [1.807, 2.05) is 62.4 Å². The van der Waals surface area contributed by atoms with Gasteiger partial charge in [0, 0.05) is 0 Å². The Morgan fingerprint density at radius 2 is 1.56 bits per heavy atom. The molecule has 7 heteroatoms. The predicted molar refractivity (Wildman–Crippen MR) is 128 cm³/mol.